The first-order chi connectivity index (χ1) is 16.8. The fourth-order valence-electron chi connectivity index (χ4n) is 5.64. The molecule has 8 heteroatoms. The van der Waals surface area contributed by atoms with Crippen LogP contribution in [0, 0.1) is 11.3 Å². The molecule has 0 bridgehead atoms. The Morgan fingerprint density at radius 2 is 1.86 bits per heavy atom. The second-order valence-corrected chi connectivity index (χ2v) is 9.75. The molecule has 2 heterocycles. The molecule has 5 atom stereocenters. The standard InChI is InChI=1S/C27H35N5O3/c1-3-19-13-21(25(33)31-16-18-9-11-20(12-10-18)24(28)29)32-23(19)22(35-2)15-27(30,26(32)34)14-17-7-5-4-6-8-17/h4-12,19,21-23H,3,13-16,30H2,1-2H3,(H3,28,29)(H,31,33)/t19-,21?,22+,23+,27+/m1/s1. The highest BCUT2D eigenvalue weighted by molar-refractivity contribution is 5.95. The number of benzene rings is 2. The minimum atomic E-state index is -1.14. The first kappa shape index (κ1) is 24.9. The van der Waals surface area contributed by atoms with Crippen molar-refractivity contribution in [3.05, 3.63) is 71.3 Å². The van der Waals surface area contributed by atoms with Gasteiger partial charge in [-0.25, -0.2) is 0 Å². The molecule has 8 nitrogen and oxygen atoms in total. The summed E-state index contributed by atoms with van der Waals surface area (Å²) >= 11 is 0. The molecule has 0 aliphatic carbocycles. The Morgan fingerprint density at radius 1 is 1.17 bits per heavy atom. The van der Waals surface area contributed by atoms with Gasteiger partial charge in [-0.2, -0.15) is 0 Å². The lowest BCUT2D eigenvalue weighted by Gasteiger charge is -2.47. The number of nitrogens with two attached hydrogens (primary N) is 2. The number of hydrogen-bond donors (Lipinski definition) is 4. The normalized spacial score (nSPS) is 28.0. The number of methoxy groups -OCH3 is 1. The average molecular weight is 478 g/mol. The largest absolute Gasteiger partial charge is 0.384 e. The maximum absolute atomic E-state index is 13.9. The van der Waals surface area contributed by atoms with E-state index < -0.39 is 11.6 Å². The Bertz CT molecular complexity index is 1070. The van der Waals surface area contributed by atoms with Gasteiger partial charge in [0.1, 0.15) is 17.4 Å². The predicted octanol–water partition coefficient (Wildman–Crippen LogP) is 1.94. The smallest absolute Gasteiger partial charge is 0.244 e. The number of nitrogen functional groups attached to an aromatic ring is 1. The quantitative estimate of drug-likeness (QED) is 0.340. The van der Waals surface area contributed by atoms with E-state index in [-0.39, 0.29) is 35.7 Å². The minimum absolute atomic E-state index is 0.000249. The summed E-state index contributed by atoms with van der Waals surface area (Å²) < 4.78 is 5.87. The van der Waals surface area contributed by atoms with Gasteiger partial charge in [-0.15, -0.1) is 0 Å². The molecule has 2 aliphatic heterocycles. The summed E-state index contributed by atoms with van der Waals surface area (Å²) in [5.41, 5.74) is 13.7. The zero-order valence-electron chi connectivity index (χ0n) is 20.4. The summed E-state index contributed by atoms with van der Waals surface area (Å²) in [6, 6.07) is 16.2. The molecule has 0 spiro atoms. The van der Waals surface area contributed by atoms with Crippen molar-refractivity contribution in [2.75, 3.05) is 7.11 Å². The van der Waals surface area contributed by atoms with E-state index in [4.69, 9.17) is 21.6 Å². The van der Waals surface area contributed by atoms with Crippen LogP contribution in [0.25, 0.3) is 0 Å². The summed E-state index contributed by atoms with van der Waals surface area (Å²) in [4.78, 5) is 29.0. The van der Waals surface area contributed by atoms with Crippen molar-refractivity contribution in [3.63, 3.8) is 0 Å². The van der Waals surface area contributed by atoms with Gasteiger partial charge < -0.3 is 26.4 Å². The van der Waals surface area contributed by atoms with E-state index >= 15 is 0 Å². The highest BCUT2D eigenvalue weighted by atomic mass is 16.5. The van der Waals surface area contributed by atoms with Gasteiger partial charge >= 0.3 is 0 Å². The molecular weight excluding hydrogens is 442 g/mol. The molecule has 2 aromatic rings. The van der Waals surface area contributed by atoms with Gasteiger partial charge in [0.15, 0.2) is 0 Å². The second-order valence-electron chi connectivity index (χ2n) is 9.75. The fraction of sp³-hybridized carbons (Fsp3) is 0.444. The lowest BCUT2D eigenvalue weighted by Crippen LogP contribution is -2.69. The van der Waals surface area contributed by atoms with Gasteiger partial charge in [0.05, 0.1) is 12.1 Å². The summed E-state index contributed by atoms with van der Waals surface area (Å²) in [5.74, 6) is -0.202. The maximum atomic E-state index is 13.9. The van der Waals surface area contributed by atoms with Crippen molar-refractivity contribution in [1.82, 2.24) is 10.2 Å². The molecule has 35 heavy (non-hydrogen) atoms. The number of rotatable bonds is 8. The second kappa shape index (κ2) is 10.2. The third kappa shape index (κ3) is 4.94. The van der Waals surface area contributed by atoms with Crippen molar-refractivity contribution in [3.8, 4) is 0 Å². The van der Waals surface area contributed by atoms with Gasteiger partial charge in [-0.05, 0) is 29.9 Å². The first-order valence-corrected chi connectivity index (χ1v) is 12.2. The summed E-state index contributed by atoms with van der Waals surface area (Å²) in [7, 11) is 1.66. The lowest BCUT2D eigenvalue weighted by atomic mass is 9.77. The Kier molecular flexibility index (Phi) is 7.23. The number of amides is 2. The number of nitrogens with zero attached hydrogens (tertiary/aromatic N) is 1. The Morgan fingerprint density at radius 3 is 2.46 bits per heavy atom. The van der Waals surface area contributed by atoms with Gasteiger partial charge in [0.2, 0.25) is 11.8 Å². The molecule has 4 rings (SSSR count). The third-order valence-electron chi connectivity index (χ3n) is 7.50. The molecule has 2 fully saturated rings. The SMILES string of the molecule is CC[C@@H]1CC(C(=O)NCc2ccc(C(=N)N)cc2)N2C(=O)[C@](N)(Cc3ccccc3)C[C@H](OC)[C@H]12. The lowest BCUT2D eigenvalue weighted by molar-refractivity contribution is -0.157. The zero-order valence-corrected chi connectivity index (χ0v) is 20.4. The van der Waals surface area contributed by atoms with Crippen LogP contribution >= 0.6 is 0 Å². The van der Waals surface area contributed by atoms with Crippen LogP contribution < -0.4 is 16.8 Å². The Hall–Kier alpha value is -3.23. The van der Waals surface area contributed by atoms with Gasteiger partial charge in [-0.1, -0.05) is 67.9 Å². The molecule has 2 aliphatic rings. The van der Waals surface area contributed by atoms with Gasteiger partial charge in [0.25, 0.3) is 0 Å². The predicted molar refractivity (Wildman–Crippen MR) is 135 cm³/mol. The molecule has 2 saturated heterocycles. The molecule has 2 amide bonds. The van der Waals surface area contributed by atoms with E-state index in [1.54, 1.807) is 24.1 Å². The van der Waals surface area contributed by atoms with Gasteiger partial charge in [-0.3, -0.25) is 15.0 Å². The number of hydrogen-bond acceptors (Lipinski definition) is 5. The zero-order chi connectivity index (χ0) is 25.2. The number of piperidine rings is 1. The molecule has 0 aromatic heterocycles. The molecule has 186 valence electrons. The van der Waals surface area contributed by atoms with Crippen LogP contribution in [-0.2, 0) is 27.3 Å². The van der Waals surface area contributed by atoms with Crippen LogP contribution in [0.5, 0.6) is 0 Å². The van der Waals surface area contributed by atoms with Crippen LogP contribution in [0.4, 0.5) is 0 Å². The summed E-state index contributed by atoms with van der Waals surface area (Å²) in [6.45, 7) is 2.41. The number of amidine groups is 1. The third-order valence-corrected chi connectivity index (χ3v) is 7.50. The van der Waals surface area contributed by atoms with Crippen LogP contribution in [0.2, 0.25) is 0 Å². The first-order valence-electron chi connectivity index (χ1n) is 12.2. The molecule has 0 saturated carbocycles. The van der Waals surface area contributed by atoms with Crippen LogP contribution in [0.15, 0.2) is 54.6 Å². The maximum Gasteiger partial charge on any atom is 0.244 e. The number of carbonyl (C=O) groups is 2. The van der Waals surface area contributed by atoms with E-state index in [0.717, 1.165) is 17.5 Å². The topological polar surface area (TPSA) is 135 Å². The number of fused-ring (bicyclic) bond motifs is 1. The number of carbonyl (C=O) groups excluding carboxylic acids is 2. The molecule has 2 aromatic carbocycles. The van der Waals surface area contributed by atoms with Crippen LogP contribution in [0.3, 0.4) is 0 Å². The van der Waals surface area contributed by atoms with Crippen LogP contribution in [-0.4, -0.2) is 53.4 Å². The molecular formula is C27H35N5O3. The number of nitrogens with one attached hydrogen (secondary N) is 2. The molecule has 6 N–H and O–H groups in total. The summed E-state index contributed by atoms with van der Waals surface area (Å²) in [6.07, 6.45) is 2.02. The van der Waals surface area contributed by atoms with E-state index in [1.807, 2.05) is 42.5 Å². The van der Waals surface area contributed by atoms with E-state index in [0.29, 0.717) is 31.4 Å². The summed E-state index contributed by atoms with van der Waals surface area (Å²) in [5, 5.41) is 10.5. The molecule has 1 unspecified atom stereocenters. The van der Waals surface area contributed by atoms with Crippen LogP contribution in [0.1, 0.15) is 42.9 Å². The van der Waals surface area contributed by atoms with Crippen molar-refractivity contribution in [1.29, 1.82) is 5.41 Å². The van der Waals surface area contributed by atoms with E-state index in [9.17, 15) is 9.59 Å². The van der Waals surface area contributed by atoms with Crippen molar-refractivity contribution in [2.24, 2.45) is 17.4 Å². The highest BCUT2D eigenvalue weighted by Gasteiger charge is 2.58. The van der Waals surface area contributed by atoms with E-state index in [2.05, 4.69) is 12.2 Å². The number of ether oxygens (including phenoxy) is 1. The fourth-order valence-corrected chi connectivity index (χ4v) is 5.64. The monoisotopic (exact) mass is 477 g/mol. The van der Waals surface area contributed by atoms with Crippen molar-refractivity contribution in [2.45, 2.75) is 62.9 Å². The van der Waals surface area contributed by atoms with E-state index in [1.165, 1.54) is 0 Å². The minimum Gasteiger partial charge on any atom is -0.384 e. The molecule has 0 radical (unpaired) electrons. The highest BCUT2D eigenvalue weighted by Crippen LogP contribution is 2.42. The Labute approximate surface area is 206 Å². The van der Waals surface area contributed by atoms with Crippen molar-refractivity contribution < 1.29 is 14.3 Å². The average Bonchev–Trinajstić information content (AvgIpc) is 3.26. The Balaban J connectivity index is 1.55. The van der Waals surface area contributed by atoms with Crippen molar-refractivity contribution >= 4 is 17.6 Å². The van der Waals surface area contributed by atoms with Gasteiger partial charge in [0, 0.05) is 25.6 Å².